The lowest BCUT2D eigenvalue weighted by atomic mass is 10.1. The molecule has 1 aromatic heterocycles. The number of nitriles is 1. The fourth-order valence-corrected chi connectivity index (χ4v) is 1.34. The van der Waals surface area contributed by atoms with Crippen LogP contribution in [0.5, 0.6) is 0 Å². The number of nitrogens with zero attached hydrogens (tertiary/aromatic N) is 3. The maximum atomic E-state index is 9.40. The quantitative estimate of drug-likeness (QED) is 0.331. The Kier molecular flexibility index (Phi) is 2.65. The van der Waals surface area contributed by atoms with E-state index in [2.05, 4.69) is 15.3 Å². The highest BCUT2D eigenvalue weighted by Crippen LogP contribution is 2.16. The van der Waals surface area contributed by atoms with Crippen molar-refractivity contribution >= 4 is 5.84 Å². The van der Waals surface area contributed by atoms with Gasteiger partial charge in [0, 0.05) is 17.3 Å². The van der Waals surface area contributed by atoms with E-state index in [1.165, 1.54) is 0 Å². The van der Waals surface area contributed by atoms with Crippen LogP contribution in [0, 0.1) is 11.5 Å². The van der Waals surface area contributed by atoms with Crippen LogP contribution in [0.4, 0.5) is 0 Å². The van der Waals surface area contributed by atoms with Gasteiger partial charge in [0.15, 0.2) is 12.0 Å². The summed E-state index contributed by atoms with van der Waals surface area (Å²) in [6.45, 7) is 0. The molecule has 0 saturated carbocycles. The Balaban J connectivity index is 2.24. The maximum Gasteiger partial charge on any atom is 0.182 e. The molecule has 77 valence electrons. The molecular formula is C11H8N5. The van der Waals surface area contributed by atoms with Crippen molar-refractivity contribution in [3.8, 4) is 17.5 Å². The van der Waals surface area contributed by atoms with E-state index in [0.717, 1.165) is 11.3 Å². The standard InChI is InChI=1S/C11H8N5/c12-6-15-11(13)9-3-1-8(2-4-9)10-5-14-7-16-10/h1-5,7,15H,(H,14,16). The molecule has 0 fully saturated rings. The highest BCUT2D eigenvalue weighted by molar-refractivity contribution is 5.98. The van der Waals surface area contributed by atoms with Gasteiger partial charge in [0.2, 0.25) is 0 Å². The Morgan fingerprint density at radius 3 is 2.62 bits per heavy atom. The molecule has 0 amide bonds. The summed E-state index contributed by atoms with van der Waals surface area (Å²) in [7, 11) is 0. The number of nitrogens with one attached hydrogen (secondary N) is 2. The minimum atomic E-state index is -0.156. The van der Waals surface area contributed by atoms with Crippen molar-refractivity contribution in [1.82, 2.24) is 20.7 Å². The second-order valence-corrected chi connectivity index (χ2v) is 3.12. The van der Waals surface area contributed by atoms with Crippen molar-refractivity contribution in [3.63, 3.8) is 0 Å². The smallest absolute Gasteiger partial charge is 0.182 e. The minimum Gasteiger partial charge on any atom is -0.351 e. The van der Waals surface area contributed by atoms with Crippen molar-refractivity contribution in [1.29, 1.82) is 5.26 Å². The van der Waals surface area contributed by atoms with E-state index in [9.17, 15) is 5.41 Å². The molecular weight excluding hydrogens is 202 g/mol. The summed E-state index contributed by atoms with van der Waals surface area (Å²) in [5.41, 5.74) is 2.33. The summed E-state index contributed by atoms with van der Waals surface area (Å²) >= 11 is 0. The van der Waals surface area contributed by atoms with Gasteiger partial charge in [-0.25, -0.2) is 4.98 Å². The Labute approximate surface area is 92.3 Å². The van der Waals surface area contributed by atoms with Crippen LogP contribution in [0.15, 0.2) is 36.8 Å². The van der Waals surface area contributed by atoms with Gasteiger partial charge >= 0.3 is 0 Å². The molecule has 0 aliphatic carbocycles. The molecule has 5 nitrogen and oxygen atoms in total. The van der Waals surface area contributed by atoms with Gasteiger partial charge in [0.05, 0.1) is 12.0 Å². The van der Waals surface area contributed by atoms with Gasteiger partial charge in [-0.3, -0.25) is 5.32 Å². The van der Waals surface area contributed by atoms with Crippen LogP contribution in [0.2, 0.25) is 0 Å². The van der Waals surface area contributed by atoms with E-state index in [0.29, 0.717) is 5.56 Å². The van der Waals surface area contributed by atoms with Gasteiger partial charge in [0.1, 0.15) is 0 Å². The lowest BCUT2D eigenvalue weighted by molar-refractivity contribution is 1.25. The fourth-order valence-electron chi connectivity index (χ4n) is 1.34. The van der Waals surface area contributed by atoms with Crippen LogP contribution in [-0.2, 0) is 0 Å². The third kappa shape index (κ3) is 1.91. The Morgan fingerprint density at radius 2 is 2.06 bits per heavy atom. The van der Waals surface area contributed by atoms with Crippen LogP contribution in [-0.4, -0.2) is 15.8 Å². The number of aromatic amines is 1. The molecule has 2 rings (SSSR count). The molecule has 0 spiro atoms. The molecule has 0 unspecified atom stereocenters. The predicted molar refractivity (Wildman–Crippen MR) is 59.0 cm³/mol. The van der Waals surface area contributed by atoms with E-state index in [1.807, 2.05) is 12.1 Å². The lowest BCUT2D eigenvalue weighted by Crippen LogP contribution is -2.19. The Morgan fingerprint density at radius 1 is 1.31 bits per heavy atom. The van der Waals surface area contributed by atoms with E-state index in [1.54, 1.807) is 30.9 Å². The first-order chi connectivity index (χ1) is 7.81. The monoisotopic (exact) mass is 210 g/mol. The minimum absolute atomic E-state index is 0.156. The predicted octanol–water partition coefficient (Wildman–Crippen LogP) is 0.694. The van der Waals surface area contributed by atoms with Crippen molar-refractivity contribution in [2.75, 3.05) is 0 Å². The fraction of sp³-hybridized carbons (Fsp3) is 0. The molecule has 5 heteroatoms. The van der Waals surface area contributed by atoms with Crippen molar-refractivity contribution in [3.05, 3.63) is 42.4 Å². The van der Waals surface area contributed by atoms with Crippen LogP contribution in [0.3, 0.4) is 0 Å². The molecule has 2 aromatic rings. The highest BCUT2D eigenvalue weighted by atomic mass is 14.9. The van der Waals surface area contributed by atoms with Gasteiger partial charge < -0.3 is 4.98 Å². The first-order valence-electron chi connectivity index (χ1n) is 4.62. The number of imidazole rings is 1. The van der Waals surface area contributed by atoms with Crippen molar-refractivity contribution < 1.29 is 0 Å². The third-order valence-electron chi connectivity index (χ3n) is 2.13. The Bertz CT molecular complexity index is 519. The zero-order valence-electron chi connectivity index (χ0n) is 8.31. The first kappa shape index (κ1) is 9.93. The molecule has 16 heavy (non-hydrogen) atoms. The number of benzene rings is 1. The molecule has 1 aromatic carbocycles. The second-order valence-electron chi connectivity index (χ2n) is 3.12. The molecule has 0 aliphatic rings. The lowest BCUT2D eigenvalue weighted by Gasteiger charge is -2.01. The van der Waals surface area contributed by atoms with Crippen molar-refractivity contribution in [2.45, 2.75) is 0 Å². The summed E-state index contributed by atoms with van der Waals surface area (Å²) in [6, 6.07) is 7.06. The maximum absolute atomic E-state index is 9.40. The van der Waals surface area contributed by atoms with Gasteiger partial charge in [-0.2, -0.15) is 5.26 Å². The molecule has 0 atom stereocenters. The van der Waals surface area contributed by atoms with E-state index in [4.69, 9.17) is 5.26 Å². The van der Waals surface area contributed by atoms with Crippen LogP contribution in [0.25, 0.3) is 11.3 Å². The average Bonchev–Trinajstić information content (AvgIpc) is 2.83. The van der Waals surface area contributed by atoms with Crippen molar-refractivity contribution in [2.24, 2.45) is 0 Å². The van der Waals surface area contributed by atoms with Crippen LogP contribution in [0.1, 0.15) is 5.56 Å². The zero-order valence-corrected chi connectivity index (χ0v) is 8.31. The topological polar surface area (TPSA) is 86.8 Å². The van der Waals surface area contributed by atoms with E-state index in [-0.39, 0.29) is 5.84 Å². The summed E-state index contributed by atoms with van der Waals surface area (Å²) in [5.74, 6) is -0.156. The largest absolute Gasteiger partial charge is 0.351 e. The number of hydrogen-bond donors (Lipinski definition) is 2. The number of hydrogen-bond acceptors (Lipinski definition) is 2. The summed E-state index contributed by atoms with van der Waals surface area (Å²) in [6.07, 6.45) is 5.04. The van der Waals surface area contributed by atoms with E-state index < -0.39 is 0 Å². The van der Waals surface area contributed by atoms with Crippen LogP contribution < -0.4 is 10.7 Å². The van der Waals surface area contributed by atoms with Gasteiger partial charge in [-0.05, 0) is 0 Å². The number of aromatic nitrogens is 2. The van der Waals surface area contributed by atoms with E-state index >= 15 is 0 Å². The van der Waals surface area contributed by atoms with Gasteiger partial charge in [0.25, 0.3) is 0 Å². The molecule has 0 saturated heterocycles. The average molecular weight is 210 g/mol. The van der Waals surface area contributed by atoms with Crippen LogP contribution >= 0.6 is 0 Å². The first-order valence-corrected chi connectivity index (χ1v) is 4.62. The molecule has 0 aliphatic heterocycles. The molecule has 2 N–H and O–H groups in total. The van der Waals surface area contributed by atoms with Gasteiger partial charge in [-0.1, -0.05) is 24.3 Å². The number of rotatable bonds is 2. The molecule has 1 radical (unpaired) electrons. The SMILES string of the molecule is [N]=C(NC#N)c1ccc(-c2c[nH]cn2)cc1. The molecule has 1 heterocycles. The number of H-pyrrole nitrogens is 1. The molecule has 0 bridgehead atoms. The summed E-state index contributed by atoms with van der Waals surface area (Å²) < 4.78 is 0. The van der Waals surface area contributed by atoms with Gasteiger partial charge in [-0.15, -0.1) is 5.41 Å². The normalized spacial score (nSPS) is 9.44. The summed E-state index contributed by atoms with van der Waals surface area (Å²) in [5, 5.41) is 19.9. The zero-order chi connectivity index (χ0) is 11.4. The number of amidine groups is 1. The summed E-state index contributed by atoms with van der Waals surface area (Å²) in [4.78, 5) is 6.97. The Hall–Kier alpha value is -2.61. The third-order valence-corrected chi connectivity index (χ3v) is 2.13. The second kappa shape index (κ2) is 4.28. The highest BCUT2D eigenvalue weighted by Gasteiger charge is 2.03.